The highest BCUT2D eigenvalue weighted by atomic mass is 15.1. The largest absolute Gasteiger partial charge is 0.310 e. The standard InChI is InChI=1S/C56H37N/c1-3-11-38(12-4-1)40-23-28-47(29-24-40)57(48-30-25-44-35-43(20-21-45(44)36-48)39-13-5-2-6-14-39)56-34-33-50(51-17-9-10-18-54(51)56)46-22-19-42-27-31-52-49-16-8-7-15-41(49)26-32-53(52)55(42)37-46/h1-37H. The van der Waals surface area contributed by atoms with Crippen molar-refractivity contribution >= 4 is 70.9 Å². The molecule has 1 heteroatoms. The summed E-state index contributed by atoms with van der Waals surface area (Å²) in [5, 5.41) is 12.5. The molecule has 11 rings (SSSR count). The number of rotatable bonds is 6. The molecule has 0 spiro atoms. The lowest BCUT2D eigenvalue weighted by Crippen LogP contribution is -2.10. The molecule has 0 radical (unpaired) electrons. The molecule has 11 aromatic rings. The maximum atomic E-state index is 2.42. The molecular formula is C56H37N. The van der Waals surface area contributed by atoms with Gasteiger partial charge in [0.15, 0.2) is 0 Å². The summed E-state index contributed by atoms with van der Waals surface area (Å²) in [5.74, 6) is 0. The summed E-state index contributed by atoms with van der Waals surface area (Å²) in [7, 11) is 0. The second-order valence-corrected chi connectivity index (χ2v) is 14.9. The summed E-state index contributed by atoms with van der Waals surface area (Å²) in [6.45, 7) is 0. The molecule has 0 N–H and O–H groups in total. The molecule has 1 nitrogen and oxygen atoms in total. The minimum Gasteiger partial charge on any atom is -0.310 e. The number of benzene rings is 11. The van der Waals surface area contributed by atoms with Crippen LogP contribution in [0.4, 0.5) is 17.1 Å². The van der Waals surface area contributed by atoms with Gasteiger partial charge < -0.3 is 4.90 Å². The molecule has 0 heterocycles. The van der Waals surface area contributed by atoms with Crippen LogP contribution in [-0.2, 0) is 0 Å². The van der Waals surface area contributed by atoms with E-state index in [9.17, 15) is 0 Å². The molecule has 0 aromatic heterocycles. The summed E-state index contributed by atoms with van der Waals surface area (Å²) in [5.41, 5.74) is 10.7. The van der Waals surface area contributed by atoms with Gasteiger partial charge in [-0.25, -0.2) is 0 Å². The fourth-order valence-electron chi connectivity index (χ4n) is 8.76. The molecule has 0 aliphatic heterocycles. The van der Waals surface area contributed by atoms with Gasteiger partial charge in [0.25, 0.3) is 0 Å². The lowest BCUT2D eigenvalue weighted by atomic mass is 9.92. The maximum Gasteiger partial charge on any atom is 0.0540 e. The van der Waals surface area contributed by atoms with Crippen molar-refractivity contribution in [3.05, 3.63) is 224 Å². The van der Waals surface area contributed by atoms with E-state index in [4.69, 9.17) is 0 Å². The van der Waals surface area contributed by atoms with Gasteiger partial charge in [-0.1, -0.05) is 182 Å². The van der Waals surface area contributed by atoms with Crippen molar-refractivity contribution in [3.8, 4) is 33.4 Å². The van der Waals surface area contributed by atoms with Crippen LogP contribution in [0.25, 0.3) is 87.2 Å². The molecule has 0 bridgehead atoms. The first kappa shape index (κ1) is 32.9. The van der Waals surface area contributed by atoms with E-state index < -0.39 is 0 Å². The second-order valence-electron chi connectivity index (χ2n) is 14.9. The van der Waals surface area contributed by atoms with Crippen molar-refractivity contribution in [3.63, 3.8) is 0 Å². The zero-order chi connectivity index (χ0) is 37.7. The molecule has 0 atom stereocenters. The number of anilines is 3. The van der Waals surface area contributed by atoms with Gasteiger partial charge in [-0.2, -0.15) is 0 Å². The molecule has 0 unspecified atom stereocenters. The molecule has 0 aliphatic carbocycles. The highest BCUT2D eigenvalue weighted by Crippen LogP contribution is 2.44. The van der Waals surface area contributed by atoms with E-state index in [1.165, 1.54) is 87.2 Å². The molecule has 266 valence electrons. The van der Waals surface area contributed by atoms with Crippen LogP contribution in [0.2, 0.25) is 0 Å². The van der Waals surface area contributed by atoms with Crippen molar-refractivity contribution in [2.24, 2.45) is 0 Å². The third-order valence-corrected chi connectivity index (χ3v) is 11.6. The average molecular weight is 724 g/mol. The van der Waals surface area contributed by atoms with Crippen LogP contribution in [0.3, 0.4) is 0 Å². The molecule has 11 aromatic carbocycles. The predicted octanol–water partition coefficient (Wildman–Crippen LogP) is 15.9. The molecule has 0 saturated heterocycles. The molecular weight excluding hydrogens is 687 g/mol. The number of nitrogens with zero attached hydrogens (tertiary/aromatic N) is 1. The Morgan fingerprint density at radius 1 is 0.228 bits per heavy atom. The van der Waals surface area contributed by atoms with E-state index in [-0.39, 0.29) is 0 Å². The topological polar surface area (TPSA) is 3.24 Å². The second kappa shape index (κ2) is 13.7. The van der Waals surface area contributed by atoms with Crippen molar-refractivity contribution in [1.29, 1.82) is 0 Å². The number of hydrogen-bond acceptors (Lipinski definition) is 1. The lowest BCUT2D eigenvalue weighted by Gasteiger charge is -2.28. The molecule has 0 fully saturated rings. The zero-order valence-electron chi connectivity index (χ0n) is 31.3. The Morgan fingerprint density at radius 2 is 0.737 bits per heavy atom. The Balaban J connectivity index is 1.07. The van der Waals surface area contributed by atoms with E-state index in [0.717, 1.165) is 17.1 Å². The van der Waals surface area contributed by atoms with E-state index in [1.54, 1.807) is 0 Å². The van der Waals surface area contributed by atoms with E-state index in [2.05, 4.69) is 229 Å². The third kappa shape index (κ3) is 5.80. The molecule has 0 aliphatic rings. The summed E-state index contributed by atoms with van der Waals surface area (Å²) in [6.07, 6.45) is 0. The van der Waals surface area contributed by atoms with Crippen LogP contribution < -0.4 is 4.90 Å². The molecule has 0 amide bonds. The third-order valence-electron chi connectivity index (χ3n) is 11.6. The van der Waals surface area contributed by atoms with Gasteiger partial charge in [-0.3, -0.25) is 0 Å². The van der Waals surface area contributed by atoms with Gasteiger partial charge in [-0.05, 0) is 124 Å². The van der Waals surface area contributed by atoms with E-state index in [0.29, 0.717) is 0 Å². The highest BCUT2D eigenvalue weighted by Gasteiger charge is 2.19. The predicted molar refractivity (Wildman–Crippen MR) is 245 cm³/mol. The van der Waals surface area contributed by atoms with Gasteiger partial charge >= 0.3 is 0 Å². The Labute approximate surface area is 332 Å². The monoisotopic (exact) mass is 723 g/mol. The van der Waals surface area contributed by atoms with Crippen LogP contribution in [0.5, 0.6) is 0 Å². The summed E-state index contributed by atoms with van der Waals surface area (Å²) in [6, 6.07) is 82.1. The van der Waals surface area contributed by atoms with Crippen molar-refractivity contribution in [2.75, 3.05) is 4.90 Å². The van der Waals surface area contributed by atoms with E-state index >= 15 is 0 Å². The molecule has 57 heavy (non-hydrogen) atoms. The first-order valence-electron chi connectivity index (χ1n) is 19.7. The van der Waals surface area contributed by atoms with Crippen molar-refractivity contribution in [2.45, 2.75) is 0 Å². The normalized spacial score (nSPS) is 11.5. The zero-order valence-corrected chi connectivity index (χ0v) is 31.3. The van der Waals surface area contributed by atoms with Crippen LogP contribution in [0.15, 0.2) is 224 Å². The summed E-state index contributed by atoms with van der Waals surface area (Å²) >= 11 is 0. The number of hydrogen-bond donors (Lipinski definition) is 0. The lowest BCUT2D eigenvalue weighted by molar-refractivity contribution is 1.30. The average Bonchev–Trinajstić information content (AvgIpc) is 3.29. The van der Waals surface area contributed by atoms with Crippen LogP contribution in [0, 0.1) is 0 Å². The SMILES string of the molecule is c1ccc(-c2ccc(N(c3ccc4cc(-c5ccccc5)ccc4c3)c3ccc(-c4ccc5ccc6c7ccccc7ccc6c5c4)c4ccccc34)cc2)cc1. The van der Waals surface area contributed by atoms with Gasteiger partial charge in [-0.15, -0.1) is 0 Å². The minimum atomic E-state index is 1.11. The van der Waals surface area contributed by atoms with Crippen LogP contribution in [-0.4, -0.2) is 0 Å². The van der Waals surface area contributed by atoms with Gasteiger partial charge in [0, 0.05) is 16.8 Å². The van der Waals surface area contributed by atoms with E-state index in [1.807, 2.05) is 0 Å². The Kier molecular flexibility index (Phi) is 7.89. The minimum absolute atomic E-state index is 1.11. The smallest absolute Gasteiger partial charge is 0.0540 e. The number of fused-ring (bicyclic) bond motifs is 7. The maximum absolute atomic E-state index is 2.42. The quantitative estimate of drug-likeness (QED) is 0.154. The van der Waals surface area contributed by atoms with Gasteiger partial charge in [0.1, 0.15) is 0 Å². The Morgan fingerprint density at radius 3 is 1.51 bits per heavy atom. The summed E-state index contributed by atoms with van der Waals surface area (Å²) < 4.78 is 0. The molecule has 0 saturated carbocycles. The first-order valence-corrected chi connectivity index (χ1v) is 19.7. The Hall–Kier alpha value is -7.48. The first-order chi connectivity index (χ1) is 28.2. The van der Waals surface area contributed by atoms with Gasteiger partial charge in [0.05, 0.1) is 5.69 Å². The van der Waals surface area contributed by atoms with Crippen LogP contribution in [0.1, 0.15) is 0 Å². The van der Waals surface area contributed by atoms with Crippen LogP contribution >= 0.6 is 0 Å². The fourth-order valence-corrected chi connectivity index (χ4v) is 8.76. The van der Waals surface area contributed by atoms with Crippen molar-refractivity contribution in [1.82, 2.24) is 0 Å². The Bertz CT molecular complexity index is 3270. The van der Waals surface area contributed by atoms with Gasteiger partial charge in [0.2, 0.25) is 0 Å². The van der Waals surface area contributed by atoms with Crippen molar-refractivity contribution < 1.29 is 0 Å². The fraction of sp³-hybridized carbons (Fsp3) is 0. The highest BCUT2D eigenvalue weighted by molar-refractivity contribution is 6.18. The summed E-state index contributed by atoms with van der Waals surface area (Å²) in [4.78, 5) is 2.42.